The molecule has 0 unspecified atom stereocenters. The zero-order valence-corrected chi connectivity index (χ0v) is 17.3. The molecule has 0 radical (unpaired) electrons. The molecule has 0 fully saturated rings. The first-order valence-corrected chi connectivity index (χ1v) is 10.3. The molecule has 1 N–H and O–H groups in total. The van der Waals surface area contributed by atoms with E-state index in [0.717, 1.165) is 48.7 Å². The number of fused-ring (bicyclic) bond motifs is 1. The number of hydrogen-bond acceptors (Lipinski definition) is 5. The van der Waals surface area contributed by atoms with Crippen LogP contribution >= 0.6 is 11.3 Å². The second-order valence-corrected chi connectivity index (χ2v) is 8.42. The van der Waals surface area contributed by atoms with E-state index >= 15 is 0 Å². The van der Waals surface area contributed by atoms with Gasteiger partial charge in [0, 0.05) is 49.2 Å². The second-order valence-electron chi connectivity index (χ2n) is 7.33. The average Bonchev–Trinajstić information content (AvgIpc) is 3.17. The molecule has 0 spiro atoms. The summed E-state index contributed by atoms with van der Waals surface area (Å²) >= 11 is 1.60. The minimum absolute atomic E-state index is 0.0357. The summed E-state index contributed by atoms with van der Waals surface area (Å²) in [5.74, 6) is -0.0357. The predicted octanol–water partition coefficient (Wildman–Crippen LogP) is 3.23. The highest BCUT2D eigenvalue weighted by Crippen LogP contribution is 2.29. The van der Waals surface area contributed by atoms with Crippen molar-refractivity contribution in [3.63, 3.8) is 0 Å². The fourth-order valence-electron chi connectivity index (χ4n) is 3.68. The third kappa shape index (κ3) is 4.00. The monoisotopic (exact) mass is 395 g/mol. The van der Waals surface area contributed by atoms with E-state index in [2.05, 4.69) is 44.6 Å². The van der Waals surface area contributed by atoms with Crippen LogP contribution in [0.25, 0.3) is 0 Å². The molecule has 2 aromatic heterocycles. The molecule has 4 rings (SSSR count). The SMILES string of the molecule is Cc1nn(C)c(C)c1CC(=O)Nc1nc2c(s1)CN(Cc1ccccc1)CC2. The van der Waals surface area contributed by atoms with Crippen molar-refractivity contribution < 1.29 is 4.79 Å². The summed E-state index contributed by atoms with van der Waals surface area (Å²) in [6.45, 7) is 6.76. The van der Waals surface area contributed by atoms with Gasteiger partial charge in [-0.25, -0.2) is 4.98 Å². The Morgan fingerprint density at radius 3 is 2.75 bits per heavy atom. The third-order valence-electron chi connectivity index (χ3n) is 5.30. The van der Waals surface area contributed by atoms with Gasteiger partial charge in [0.2, 0.25) is 5.91 Å². The number of aromatic nitrogens is 3. The predicted molar refractivity (Wildman–Crippen MR) is 111 cm³/mol. The zero-order chi connectivity index (χ0) is 19.7. The van der Waals surface area contributed by atoms with Crippen LogP contribution in [0.5, 0.6) is 0 Å². The van der Waals surface area contributed by atoms with E-state index < -0.39 is 0 Å². The van der Waals surface area contributed by atoms with E-state index in [4.69, 9.17) is 0 Å². The molecular weight excluding hydrogens is 370 g/mol. The van der Waals surface area contributed by atoms with Crippen molar-refractivity contribution in [3.8, 4) is 0 Å². The highest BCUT2D eigenvalue weighted by molar-refractivity contribution is 7.15. The number of aryl methyl sites for hydroxylation is 2. The third-order valence-corrected chi connectivity index (χ3v) is 6.30. The van der Waals surface area contributed by atoms with Gasteiger partial charge in [-0.3, -0.25) is 14.4 Å². The fraction of sp³-hybridized carbons (Fsp3) is 0.381. The van der Waals surface area contributed by atoms with Gasteiger partial charge in [0.1, 0.15) is 0 Å². The van der Waals surface area contributed by atoms with Crippen LogP contribution in [0.15, 0.2) is 30.3 Å². The Hall–Kier alpha value is -2.51. The second kappa shape index (κ2) is 7.85. The van der Waals surface area contributed by atoms with Gasteiger partial charge in [0.15, 0.2) is 5.13 Å². The molecule has 3 heterocycles. The molecule has 1 amide bonds. The number of hydrogen-bond donors (Lipinski definition) is 1. The molecule has 1 aromatic carbocycles. The molecule has 6 nitrogen and oxygen atoms in total. The molecule has 0 saturated heterocycles. The number of thiazole rings is 1. The average molecular weight is 396 g/mol. The summed E-state index contributed by atoms with van der Waals surface area (Å²) in [5.41, 5.74) is 5.38. The summed E-state index contributed by atoms with van der Waals surface area (Å²) < 4.78 is 1.82. The standard InChI is InChI=1S/C21H25N5OS/c1-14-17(15(2)25(3)24-14)11-20(27)23-21-22-18-9-10-26(13-19(18)28-21)12-16-7-5-4-6-8-16/h4-8H,9-13H2,1-3H3,(H,22,23,27). The van der Waals surface area contributed by atoms with Crippen LogP contribution < -0.4 is 5.32 Å². The molecule has 3 aromatic rings. The van der Waals surface area contributed by atoms with Crippen LogP contribution in [0.4, 0.5) is 5.13 Å². The van der Waals surface area contributed by atoms with E-state index in [-0.39, 0.29) is 5.91 Å². The maximum Gasteiger partial charge on any atom is 0.230 e. The Balaban J connectivity index is 1.39. The number of carbonyl (C=O) groups excluding carboxylic acids is 1. The number of carbonyl (C=O) groups is 1. The van der Waals surface area contributed by atoms with Gasteiger partial charge in [-0.2, -0.15) is 5.10 Å². The van der Waals surface area contributed by atoms with E-state index in [9.17, 15) is 4.79 Å². The number of nitrogens with zero attached hydrogens (tertiary/aromatic N) is 4. The van der Waals surface area contributed by atoms with Gasteiger partial charge in [0.25, 0.3) is 0 Å². The Kier molecular flexibility index (Phi) is 5.28. The number of anilines is 1. The molecule has 0 saturated carbocycles. The fourth-order valence-corrected chi connectivity index (χ4v) is 4.74. The molecule has 146 valence electrons. The van der Waals surface area contributed by atoms with Crippen molar-refractivity contribution >= 4 is 22.4 Å². The summed E-state index contributed by atoms with van der Waals surface area (Å²) in [4.78, 5) is 20.9. The molecule has 28 heavy (non-hydrogen) atoms. The molecule has 1 aliphatic heterocycles. The van der Waals surface area contributed by atoms with Crippen LogP contribution in [0, 0.1) is 13.8 Å². The molecule has 7 heteroatoms. The quantitative estimate of drug-likeness (QED) is 0.720. The topological polar surface area (TPSA) is 63.1 Å². The van der Waals surface area contributed by atoms with E-state index in [1.807, 2.05) is 31.6 Å². The molecule has 0 bridgehead atoms. The zero-order valence-electron chi connectivity index (χ0n) is 16.5. The van der Waals surface area contributed by atoms with Crippen molar-refractivity contribution in [3.05, 3.63) is 63.4 Å². The Morgan fingerprint density at radius 2 is 2.04 bits per heavy atom. The summed E-state index contributed by atoms with van der Waals surface area (Å²) in [5, 5.41) is 8.08. The van der Waals surface area contributed by atoms with Gasteiger partial charge >= 0.3 is 0 Å². The maximum atomic E-state index is 12.5. The first-order chi connectivity index (χ1) is 13.5. The lowest BCUT2D eigenvalue weighted by Gasteiger charge is -2.25. The summed E-state index contributed by atoms with van der Waals surface area (Å²) in [6.07, 6.45) is 1.26. The summed E-state index contributed by atoms with van der Waals surface area (Å²) in [7, 11) is 1.90. The number of rotatable bonds is 5. The van der Waals surface area contributed by atoms with Gasteiger partial charge in [-0.05, 0) is 19.4 Å². The van der Waals surface area contributed by atoms with E-state index in [1.165, 1.54) is 10.4 Å². The Bertz CT molecular complexity index is 992. The van der Waals surface area contributed by atoms with Crippen molar-refractivity contribution in [2.45, 2.75) is 39.8 Å². The summed E-state index contributed by atoms with van der Waals surface area (Å²) in [6, 6.07) is 10.5. The van der Waals surface area contributed by atoms with Crippen molar-refractivity contribution in [2.75, 3.05) is 11.9 Å². The van der Waals surface area contributed by atoms with Gasteiger partial charge in [-0.1, -0.05) is 30.3 Å². The van der Waals surface area contributed by atoms with Crippen molar-refractivity contribution in [1.82, 2.24) is 19.7 Å². The Morgan fingerprint density at radius 1 is 1.25 bits per heavy atom. The van der Waals surface area contributed by atoms with Crippen LogP contribution in [0.1, 0.15) is 33.1 Å². The van der Waals surface area contributed by atoms with E-state index in [1.54, 1.807) is 11.3 Å². The van der Waals surface area contributed by atoms with Crippen molar-refractivity contribution in [2.24, 2.45) is 7.05 Å². The number of benzene rings is 1. The minimum Gasteiger partial charge on any atom is -0.302 e. The first-order valence-electron chi connectivity index (χ1n) is 9.53. The Labute approximate surface area is 169 Å². The maximum absolute atomic E-state index is 12.5. The van der Waals surface area contributed by atoms with Crippen LogP contribution in [0.2, 0.25) is 0 Å². The highest BCUT2D eigenvalue weighted by Gasteiger charge is 2.22. The van der Waals surface area contributed by atoms with Crippen LogP contribution in [-0.2, 0) is 37.8 Å². The van der Waals surface area contributed by atoms with Gasteiger partial charge in [-0.15, -0.1) is 11.3 Å². The lowest BCUT2D eigenvalue weighted by atomic mass is 10.1. The molecule has 0 atom stereocenters. The lowest BCUT2D eigenvalue weighted by molar-refractivity contribution is -0.115. The molecular formula is C21H25N5OS. The van der Waals surface area contributed by atoms with E-state index in [0.29, 0.717) is 11.6 Å². The largest absolute Gasteiger partial charge is 0.302 e. The minimum atomic E-state index is -0.0357. The van der Waals surface area contributed by atoms with Gasteiger partial charge < -0.3 is 5.32 Å². The van der Waals surface area contributed by atoms with Crippen molar-refractivity contribution in [1.29, 1.82) is 0 Å². The first kappa shape index (κ1) is 18.8. The normalized spacial score (nSPS) is 14.1. The highest BCUT2D eigenvalue weighted by atomic mass is 32.1. The van der Waals surface area contributed by atoms with Gasteiger partial charge in [0.05, 0.1) is 17.8 Å². The van der Waals surface area contributed by atoms with Crippen LogP contribution in [0.3, 0.4) is 0 Å². The molecule has 0 aliphatic carbocycles. The lowest BCUT2D eigenvalue weighted by Crippen LogP contribution is -2.29. The number of amides is 1. The van der Waals surface area contributed by atoms with Crippen LogP contribution in [-0.4, -0.2) is 32.1 Å². The molecule has 1 aliphatic rings. The smallest absolute Gasteiger partial charge is 0.230 e. The number of nitrogens with one attached hydrogen (secondary N) is 1.